The van der Waals surface area contributed by atoms with Crippen molar-refractivity contribution in [2.75, 3.05) is 26.7 Å². The van der Waals surface area contributed by atoms with Crippen molar-refractivity contribution in [3.8, 4) is 0 Å². The van der Waals surface area contributed by atoms with E-state index in [1.54, 1.807) is 11.9 Å². The molecule has 1 heterocycles. The number of carboxylic acids is 1. The van der Waals surface area contributed by atoms with Crippen LogP contribution in [0.1, 0.15) is 19.8 Å². The van der Waals surface area contributed by atoms with Gasteiger partial charge in [-0.3, -0.25) is 9.59 Å². The molecule has 0 aliphatic carbocycles. The first kappa shape index (κ1) is 12.0. The lowest BCUT2D eigenvalue weighted by atomic mass is 10.3. The second-order valence-electron chi connectivity index (χ2n) is 4.05. The third-order valence-electron chi connectivity index (χ3n) is 2.86. The average Bonchev–Trinajstić information content (AvgIpc) is 2.29. The molecule has 0 aromatic carbocycles. The second-order valence-corrected chi connectivity index (χ2v) is 4.05. The SMILES string of the molecule is CC1CN(CCC(=O)O)CCC(=O)N1C. The number of hydrogen-bond acceptors (Lipinski definition) is 3. The highest BCUT2D eigenvalue weighted by Crippen LogP contribution is 2.09. The molecule has 1 unspecified atom stereocenters. The standard InChI is InChI=1S/C10H18N2O3/c1-8-7-12(6-4-10(14)15)5-3-9(13)11(8)2/h8H,3-7H2,1-2H3,(H,14,15). The van der Waals surface area contributed by atoms with E-state index in [0.717, 1.165) is 6.54 Å². The molecule has 5 nitrogen and oxygen atoms in total. The fourth-order valence-corrected chi connectivity index (χ4v) is 1.72. The minimum atomic E-state index is -0.786. The highest BCUT2D eigenvalue weighted by molar-refractivity contribution is 5.76. The van der Waals surface area contributed by atoms with E-state index in [-0.39, 0.29) is 18.4 Å². The highest BCUT2D eigenvalue weighted by atomic mass is 16.4. The zero-order valence-electron chi connectivity index (χ0n) is 9.27. The zero-order valence-corrected chi connectivity index (χ0v) is 9.27. The molecular weight excluding hydrogens is 196 g/mol. The summed E-state index contributed by atoms with van der Waals surface area (Å²) in [5.41, 5.74) is 0. The number of carbonyl (C=O) groups is 2. The van der Waals surface area contributed by atoms with Gasteiger partial charge >= 0.3 is 5.97 Å². The summed E-state index contributed by atoms with van der Waals surface area (Å²) in [6.45, 7) is 3.94. The van der Waals surface area contributed by atoms with Crippen molar-refractivity contribution in [3.05, 3.63) is 0 Å². The zero-order chi connectivity index (χ0) is 11.4. The van der Waals surface area contributed by atoms with Gasteiger partial charge in [0.05, 0.1) is 6.42 Å². The molecule has 1 aliphatic rings. The lowest BCUT2D eigenvalue weighted by molar-refractivity contribution is -0.137. The summed E-state index contributed by atoms with van der Waals surface area (Å²) in [4.78, 5) is 25.7. The number of rotatable bonds is 3. The molecule has 1 aliphatic heterocycles. The third-order valence-corrected chi connectivity index (χ3v) is 2.86. The predicted octanol–water partition coefficient (Wildman–Crippen LogP) is 0.0137. The molecule has 86 valence electrons. The van der Waals surface area contributed by atoms with Gasteiger partial charge in [-0.1, -0.05) is 0 Å². The van der Waals surface area contributed by atoms with Crippen LogP contribution in [0.4, 0.5) is 0 Å². The Hall–Kier alpha value is -1.10. The third kappa shape index (κ3) is 3.51. The molecule has 1 saturated heterocycles. The molecule has 1 atom stereocenters. The smallest absolute Gasteiger partial charge is 0.304 e. The molecule has 5 heteroatoms. The molecule has 0 bridgehead atoms. The summed E-state index contributed by atoms with van der Waals surface area (Å²) in [5, 5.41) is 8.58. The molecule has 0 spiro atoms. The molecule has 1 rings (SSSR count). The van der Waals surface area contributed by atoms with Crippen LogP contribution in [0, 0.1) is 0 Å². The van der Waals surface area contributed by atoms with Gasteiger partial charge in [0, 0.05) is 39.1 Å². The van der Waals surface area contributed by atoms with E-state index in [2.05, 4.69) is 0 Å². The van der Waals surface area contributed by atoms with E-state index in [4.69, 9.17) is 5.11 Å². The molecule has 0 aromatic rings. The van der Waals surface area contributed by atoms with Crippen LogP contribution in [-0.2, 0) is 9.59 Å². The molecule has 1 amide bonds. The fourth-order valence-electron chi connectivity index (χ4n) is 1.72. The van der Waals surface area contributed by atoms with Crippen molar-refractivity contribution in [2.24, 2.45) is 0 Å². The number of likely N-dealkylation sites (N-methyl/N-ethyl adjacent to an activating group) is 1. The van der Waals surface area contributed by atoms with Crippen LogP contribution in [-0.4, -0.2) is 59.5 Å². The minimum Gasteiger partial charge on any atom is -0.481 e. The summed E-state index contributed by atoms with van der Waals surface area (Å²) in [5.74, 6) is -0.646. The van der Waals surface area contributed by atoms with Crippen molar-refractivity contribution in [3.63, 3.8) is 0 Å². The van der Waals surface area contributed by atoms with Gasteiger partial charge in [0.1, 0.15) is 0 Å². The van der Waals surface area contributed by atoms with E-state index >= 15 is 0 Å². The lowest BCUT2D eigenvalue weighted by Gasteiger charge is -2.25. The van der Waals surface area contributed by atoms with Crippen LogP contribution >= 0.6 is 0 Å². The van der Waals surface area contributed by atoms with Gasteiger partial charge in [-0.05, 0) is 6.92 Å². The van der Waals surface area contributed by atoms with Crippen molar-refractivity contribution < 1.29 is 14.7 Å². The van der Waals surface area contributed by atoms with Crippen molar-refractivity contribution in [1.82, 2.24) is 9.80 Å². The van der Waals surface area contributed by atoms with Gasteiger partial charge in [-0.25, -0.2) is 0 Å². The average molecular weight is 214 g/mol. The van der Waals surface area contributed by atoms with E-state index in [1.165, 1.54) is 0 Å². The number of aliphatic carboxylic acids is 1. The van der Waals surface area contributed by atoms with Gasteiger partial charge in [-0.15, -0.1) is 0 Å². The first-order chi connectivity index (χ1) is 7.00. The normalized spacial score (nSPS) is 24.0. The maximum Gasteiger partial charge on any atom is 0.304 e. The Bertz CT molecular complexity index is 253. The molecular formula is C10H18N2O3. The van der Waals surface area contributed by atoms with Crippen LogP contribution in [0.25, 0.3) is 0 Å². The van der Waals surface area contributed by atoms with Crippen LogP contribution in [0.3, 0.4) is 0 Å². The monoisotopic (exact) mass is 214 g/mol. The number of nitrogens with zero attached hydrogens (tertiary/aromatic N) is 2. The number of hydrogen-bond donors (Lipinski definition) is 1. The maximum absolute atomic E-state index is 11.5. The Labute approximate surface area is 89.7 Å². The van der Waals surface area contributed by atoms with E-state index in [9.17, 15) is 9.59 Å². The van der Waals surface area contributed by atoms with Gasteiger partial charge in [-0.2, -0.15) is 0 Å². The Morgan fingerprint density at radius 1 is 1.60 bits per heavy atom. The molecule has 1 N–H and O–H groups in total. The molecule has 1 fully saturated rings. The van der Waals surface area contributed by atoms with Gasteiger partial charge < -0.3 is 14.9 Å². The number of carboxylic acid groups (broad SMARTS) is 1. The Balaban J connectivity index is 2.48. The van der Waals surface area contributed by atoms with E-state index in [1.807, 2.05) is 11.8 Å². The fraction of sp³-hybridized carbons (Fsp3) is 0.800. The Morgan fingerprint density at radius 3 is 2.87 bits per heavy atom. The largest absolute Gasteiger partial charge is 0.481 e. The van der Waals surface area contributed by atoms with Crippen LogP contribution in [0.2, 0.25) is 0 Å². The number of amides is 1. The molecule has 0 aromatic heterocycles. The first-order valence-electron chi connectivity index (χ1n) is 5.20. The summed E-state index contributed by atoms with van der Waals surface area (Å²) < 4.78 is 0. The minimum absolute atomic E-state index is 0.139. The Kier molecular flexibility index (Phi) is 4.08. The summed E-state index contributed by atoms with van der Waals surface area (Å²) in [6.07, 6.45) is 0.630. The van der Waals surface area contributed by atoms with Crippen molar-refractivity contribution >= 4 is 11.9 Å². The predicted molar refractivity (Wildman–Crippen MR) is 55.5 cm³/mol. The van der Waals surface area contributed by atoms with Crippen LogP contribution < -0.4 is 0 Å². The summed E-state index contributed by atoms with van der Waals surface area (Å²) >= 11 is 0. The summed E-state index contributed by atoms with van der Waals surface area (Å²) in [6, 6.07) is 0.161. The first-order valence-corrected chi connectivity index (χ1v) is 5.20. The quantitative estimate of drug-likeness (QED) is 0.719. The highest BCUT2D eigenvalue weighted by Gasteiger charge is 2.23. The number of carbonyl (C=O) groups excluding carboxylic acids is 1. The molecule has 0 radical (unpaired) electrons. The molecule has 0 saturated carbocycles. The van der Waals surface area contributed by atoms with Crippen LogP contribution in [0.5, 0.6) is 0 Å². The maximum atomic E-state index is 11.5. The van der Waals surface area contributed by atoms with Crippen molar-refractivity contribution in [1.29, 1.82) is 0 Å². The summed E-state index contributed by atoms with van der Waals surface area (Å²) in [7, 11) is 1.80. The van der Waals surface area contributed by atoms with Gasteiger partial charge in [0.15, 0.2) is 0 Å². The molecule has 15 heavy (non-hydrogen) atoms. The van der Waals surface area contributed by atoms with Gasteiger partial charge in [0.25, 0.3) is 0 Å². The van der Waals surface area contributed by atoms with E-state index < -0.39 is 5.97 Å². The Morgan fingerprint density at radius 2 is 2.27 bits per heavy atom. The topological polar surface area (TPSA) is 60.9 Å². The van der Waals surface area contributed by atoms with E-state index in [0.29, 0.717) is 19.5 Å². The van der Waals surface area contributed by atoms with Gasteiger partial charge in [0.2, 0.25) is 5.91 Å². The lowest BCUT2D eigenvalue weighted by Crippen LogP contribution is -2.39. The van der Waals surface area contributed by atoms with Crippen molar-refractivity contribution in [2.45, 2.75) is 25.8 Å². The van der Waals surface area contributed by atoms with Crippen LogP contribution in [0.15, 0.2) is 0 Å². The second kappa shape index (κ2) is 5.11.